The maximum Gasteiger partial charge on any atom is 0.460 e. The molecule has 38 heavy (non-hydrogen) atoms. The van der Waals surface area contributed by atoms with Crippen LogP contribution in [0.4, 0.5) is 74.6 Å². The third-order valence-corrected chi connectivity index (χ3v) is 4.96. The summed E-state index contributed by atoms with van der Waals surface area (Å²) in [5.74, 6) is -52.6. The van der Waals surface area contributed by atoms with Gasteiger partial charge in [-0.3, -0.25) is 0 Å². The van der Waals surface area contributed by atoms with Crippen molar-refractivity contribution in [2.75, 3.05) is 0 Å². The number of rotatable bonds is 10. The molecule has 22 heteroatoms. The third-order valence-electron chi connectivity index (χ3n) is 4.20. The van der Waals surface area contributed by atoms with Gasteiger partial charge in [-0.05, 0) is 17.7 Å². The molecule has 0 heterocycles. The summed E-state index contributed by atoms with van der Waals surface area (Å²) in [5, 5.41) is 0. The lowest BCUT2D eigenvalue weighted by molar-refractivity contribution is -0.438. The Labute approximate surface area is 198 Å². The van der Waals surface area contributed by atoms with Crippen molar-refractivity contribution in [1.82, 2.24) is 0 Å². The first-order valence-corrected chi connectivity index (χ1v) is 10.4. The molecule has 0 atom stereocenters. The van der Waals surface area contributed by atoms with Gasteiger partial charge in [0.05, 0.1) is 6.16 Å². The summed E-state index contributed by atoms with van der Waals surface area (Å²) in [5.41, 5.74) is -0.457. The predicted octanol–water partition coefficient (Wildman–Crippen LogP) is 4.89. The second kappa shape index (κ2) is 9.81. The number of hydrogen-bond acceptors (Lipinski definition) is 4. The molecular weight excluding hydrogens is 610 g/mol. The van der Waals surface area contributed by atoms with Crippen LogP contribution in [0.2, 0.25) is 0 Å². The SMILES string of the molecule is [O-][P+]([O-])([O-])Cc1ccc(OC(F)(F)/C(F)=C(\F)C(F)(F)C(F)(F)C(F)(F)C(F)(F)C(F)(F)C(F)(F)F)cc1. The van der Waals surface area contributed by atoms with E-state index in [1.165, 1.54) is 0 Å². The lowest BCUT2D eigenvalue weighted by atomic mass is 9.93. The summed E-state index contributed by atoms with van der Waals surface area (Å²) in [6.45, 7) is 0. The number of halogens is 17. The molecular formula is C16H6F17O4P-2. The summed E-state index contributed by atoms with van der Waals surface area (Å²) < 4.78 is 227. The van der Waals surface area contributed by atoms with E-state index in [2.05, 4.69) is 4.74 Å². The van der Waals surface area contributed by atoms with Crippen molar-refractivity contribution in [3.05, 3.63) is 41.5 Å². The van der Waals surface area contributed by atoms with E-state index in [1.54, 1.807) is 0 Å². The molecule has 4 nitrogen and oxygen atoms in total. The standard InChI is InChI=1S/C16H8F17O4P/c17-8(9(18)11(21,22)37-7-3-1-6(2-4-7)5-38(34,35)36)10(19,20)12(23,24)13(25,26)14(27,28)15(29,30)16(31,32)33/h1-4H,5H2,(H2,34,35,36)/p-2/b9-8+. The summed E-state index contributed by atoms with van der Waals surface area (Å²) in [6.07, 6.45) is -15.2. The molecule has 0 aliphatic heterocycles. The normalized spacial score (nSPS) is 15.9. The Bertz CT molecular complexity index is 1030. The highest BCUT2D eigenvalue weighted by molar-refractivity contribution is 7.53. The minimum atomic E-state index is -8.57. The Hall–Kier alpha value is -2.12. The molecule has 0 unspecified atom stereocenters. The molecule has 1 aromatic carbocycles. The van der Waals surface area contributed by atoms with Crippen LogP contribution < -0.4 is 19.4 Å². The zero-order chi connectivity index (χ0) is 30.6. The molecule has 0 aliphatic rings. The van der Waals surface area contributed by atoms with E-state index in [0.717, 1.165) is 0 Å². The zero-order valence-corrected chi connectivity index (χ0v) is 17.9. The number of alkyl halides is 15. The van der Waals surface area contributed by atoms with E-state index in [4.69, 9.17) is 0 Å². The molecule has 0 saturated carbocycles. The van der Waals surface area contributed by atoms with Crippen molar-refractivity contribution in [1.29, 1.82) is 0 Å². The van der Waals surface area contributed by atoms with Crippen molar-refractivity contribution in [2.24, 2.45) is 0 Å². The minimum absolute atomic E-state index is 0.227. The van der Waals surface area contributed by atoms with Gasteiger partial charge in [-0.1, -0.05) is 12.1 Å². The van der Waals surface area contributed by atoms with Crippen LogP contribution in [-0.4, -0.2) is 41.9 Å². The highest BCUT2D eigenvalue weighted by Gasteiger charge is 2.91. The second-order valence-corrected chi connectivity index (χ2v) is 8.57. The molecule has 0 fully saturated rings. The fourth-order valence-electron chi connectivity index (χ4n) is 2.25. The van der Waals surface area contributed by atoms with Crippen molar-refractivity contribution in [3.8, 4) is 5.75 Å². The molecule has 0 N–H and O–H groups in total. The summed E-state index contributed by atoms with van der Waals surface area (Å²) in [6, 6.07) is 1.42. The first kappa shape index (κ1) is 33.9. The molecule has 0 bridgehead atoms. The fraction of sp³-hybridized carbons (Fsp3) is 0.500. The highest BCUT2D eigenvalue weighted by Crippen LogP contribution is 2.61. The van der Waals surface area contributed by atoms with Gasteiger partial charge in [-0.25, -0.2) is 4.39 Å². The average Bonchev–Trinajstić information content (AvgIpc) is 2.71. The fourth-order valence-corrected chi connectivity index (χ4v) is 2.91. The van der Waals surface area contributed by atoms with Gasteiger partial charge in [-0.15, -0.1) is 0 Å². The lowest BCUT2D eigenvalue weighted by Crippen LogP contribution is -2.70. The van der Waals surface area contributed by atoms with Gasteiger partial charge in [-0.2, -0.15) is 78.2 Å². The van der Waals surface area contributed by atoms with Crippen LogP contribution in [0, 0.1) is 0 Å². The average molecular weight is 616 g/mol. The summed E-state index contributed by atoms with van der Waals surface area (Å²) >= 11 is 0. The van der Waals surface area contributed by atoms with E-state index >= 15 is 0 Å². The van der Waals surface area contributed by atoms with Gasteiger partial charge < -0.3 is 19.4 Å². The van der Waals surface area contributed by atoms with Gasteiger partial charge in [0, 0.05) is 0 Å². The van der Waals surface area contributed by atoms with Gasteiger partial charge >= 0.3 is 41.9 Å². The van der Waals surface area contributed by atoms with Crippen LogP contribution in [0.15, 0.2) is 35.9 Å². The van der Waals surface area contributed by atoms with Gasteiger partial charge in [0.2, 0.25) is 11.7 Å². The van der Waals surface area contributed by atoms with E-state index in [9.17, 15) is 89.3 Å². The van der Waals surface area contributed by atoms with E-state index in [0.29, 0.717) is 12.1 Å². The molecule has 0 aliphatic carbocycles. The van der Waals surface area contributed by atoms with Crippen LogP contribution in [0.25, 0.3) is 0 Å². The van der Waals surface area contributed by atoms with Crippen LogP contribution in [0.1, 0.15) is 5.56 Å². The van der Waals surface area contributed by atoms with Gasteiger partial charge in [0.15, 0.2) is 0 Å². The monoisotopic (exact) mass is 616 g/mol. The van der Waals surface area contributed by atoms with Crippen LogP contribution in [0.3, 0.4) is 0 Å². The number of allylic oxidation sites excluding steroid dienone is 1. The van der Waals surface area contributed by atoms with Crippen LogP contribution in [-0.2, 0) is 6.16 Å². The summed E-state index contributed by atoms with van der Waals surface area (Å²) in [4.78, 5) is 31.8. The minimum Gasteiger partial charge on any atom is -0.687 e. The Morgan fingerprint density at radius 3 is 1.37 bits per heavy atom. The topological polar surface area (TPSA) is 78.4 Å². The number of hydrogen-bond donors (Lipinski definition) is 0. The molecule has 0 radical (unpaired) electrons. The molecule has 0 amide bonds. The summed E-state index contributed by atoms with van der Waals surface area (Å²) in [7, 11) is -5.24. The molecule has 1 rings (SSSR count). The maximum absolute atomic E-state index is 13.7. The molecule has 220 valence electrons. The molecule has 1 aromatic rings. The van der Waals surface area contributed by atoms with Gasteiger partial charge in [0.25, 0.3) is 0 Å². The smallest absolute Gasteiger partial charge is 0.460 e. The van der Waals surface area contributed by atoms with Crippen LogP contribution in [0.5, 0.6) is 5.75 Å². The first-order chi connectivity index (χ1) is 16.5. The van der Waals surface area contributed by atoms with E-state index in [-0.39, 0.29) is 12.1 Å². The maximum atomic E-state index is 13.7. The third kappa shape index (κ3) is 5.89. The molecule has 0 aromatic heterocycles. The second-order valence-electron chi connectivity index (χ2n) is 7.03. The van der Waals surface area contributed by atoms with Crippen molar-refractivity contribution in [2.45, 2.75) is 48.1 Å². The molecule has 0 spiro atoms. The van der Waals surface area contributed by atoms with Crippen molar-refractivity contribution < 1.29 is 94.1 Å². The van der Waals surface area contributed by atoms with Gasteiger partial charge in [0.1, 0.15) is 5.75 Å². The Morgan fingerprint density at radius 2 is 1.00 bits per heavy atom. The van der Waals surface area contributed by atoms with Crippen molar-refractivity contribution >= 4 is 7.94 Å². The molecule has 0 saturated heterocycles. The Kier molecular flexibility index (Phi) is 8.75. The lowest BCUT2D eigenvalue weighted by Gasteiger charge is -2.42. The Balaban J connectivity index is 3.47. The van der Waals surface area contributed by atoms with E-state index < -0.39 is 79.0 Å². The predicted molar refractivity (Wildman–Crippen MR) is 82.7 cm³/mol. The van der Waals surface area contributed by atoms with E-state index in [1.807, 2.05) is 0 Å². The van der Waals surface area contributed by atoms with Crippen molar-refractivity contribution in [3.63, 3.8) is 0 Å². The number of ether oxygens (including phenoxy) is 1. The van der Waals surface area contributed by atoms with Crippen LogP contribution >= 0.6 is 7.94 Å². The Morgan fingerprint density at radius 1 is 0.605 bits per heavy atom. The zero-order valence-electron chi connectivity index (χ0n) is 17.0. The first-order valence-electron chi connectivity index (χ1n) is 8.66. The number of benzene rings is 1. The largest absolute Gasteiger partial charge is 0.687 e. The quantitative estimate of drug-likeness (QED) is 0.277. The highest BCUT2D eigenvalue weighted by atomic mass is 31.2.